The van der Waals surface area contributed by atoms with Crippen LogP contribution in [-0.4, -0.2) is 85.3 Å². The molecule has 2 aliphatic heterocycles. The first-order chi connectivity index (χ1) is 20.5. The monoisotopic (exact) mass is 577 g/mol. The van der Waals surface area contributed by atoms with Crippen LogP contribution in [-0.2, 0) is 9.53 Å². The molecular formula is C31H43N7O4. The number of amides is 1. The third-order valence-electron chi connectivity index (χ3n) is 8.45. The predicted molar refractivity (Wildman–Crippen MR) is 163 cm³/mol. The number of hydrazone groups is 1. The summed E-state index contributed by atoms with van der Waals surface area (Å²) >= 11 is 0. The van der Waals surface area contributed by atoms with Crippen molar-refractivity contribution in [3.05, 3.63) is 48.0 Å². The Bertz CT molecular complexity index is 1340. The second kappa shape index (κ2) is 14.5. The number of nitrogens with zero attached hydrogens (tertiary/aromatic N) is 4. The Labute approximate surface area is 246 Å². The minimum atomic E-state index is -0.309. The van der Waals surface area contributed by atoms with E-state index in [-0.39, 0.29) is 17.8 Å². The van der Waals surface area contributed by atoms with Gasteiger partial charge in [-0.1, -0.05) is 17.3 Å². The number of ether oxygens (including phenoxy) is 2. The van der Waals surface area contributed by atoms with Crippen LogP contribution >= 0.6 is 0 Å². The van der Waals surface area contributed by atoms with Crippen molar-refractivity contribution in [3.63, 3.8) is 0 Å². The molecule has 11 nitrogen and oxygen atoms in total. The number of carbonyl (C=O) groups excluding carboxylic acids is 1. The first kappa shape index (κ1) is 29.8. The number of piperidine rings is 2. The average molecular weight is 578 g/mol. The summed E-state index contributed by atoms with van der Waals surface area (Å²) in [5, 5.41) is 8.64. The number of aromatic nitrogens is 1. The summed E-state index contributed by atoms with van der Waals surface area (Å²) in [6.07, 6.45) is 6.27. The second-order valence-electron chi connectivity index (χ2n) is 11.3. The minimum absolute atomic E-state index is 0.198. The van der Waals surface area contributed by atoms with Gasteiger partial charge in [-0.05, 0) is 88.0 Å². The molecule has 0 spiro atoms. The molecule has 0 aliphatic carbocycles. The zero-order valence-corrected chi connectivity index (χ0v) is 24.2. The molecule has 0 unspecified atom stereocenters. The highest BCUT2D eigenvalue weighted by molar-refractivity contribution is 6.02. The first-order valence-electron chi connectivity index (χ1n) is 15.0. The van der Waals surface area contributed by atoms with Gasteiger partial charge < -0.3 is 41.1 Å². The molecule has 3 aromatic rings. The molecule has 11 heteroatoms. The van der Waals surface area contributed by atoms with Crippen LogP contribution < -0.4 is 22.0 Å². The van der Waals surface area contributed by atoms with Gasteiger partial charge in [-0.15, -0.1) is 0 Å². The Morgan fingerprint density at radius 2 is 1.74 bits per heavy atom. The highest BCUT2D eigenvalue weighted by atomic mass is 16.5. The molecule has 42 heavy (non-hydrogen) atoms. The van der Waals surface area contributed by atoms with Crippen LogP contribution in [0.2, 0.25) is 0 Å². The highest BCUT2D eigenvalue weighted by Crippen LogP contribution is 2.32. The Hall–Kier alpha value is -3.67. The van der Waals surface area contributed by atoms with E-state index in [2.05, 4.69) is 20.1 Å². The van der Waals surface area contributed by atoms with Crippen molar-refractivity contribution >= 4 is 22.6 Å². The number of nitrogens with two attached hydrogens (primary N) is 3. The Balaban J connectivity index is 1.04. The fourth-order valence-electron chi connectivity index (χ4n) is 5.87. The third kappa shape index (κ3) is 7.99. The lowest BCUT2D eigenvalue weighted by Gasteiger charge is -2.35. The summed E-state index contributed by atoms with van der Waals surface area (Å²) in [6.45, 7) is 7.54. The van der Waals surface area contributed by atoms with Crippen LogP contribution in [0.4, 0.5) is 0 Å². The summed E-state index contributed by atoms with van der Waals surface area (Å²) in [7, 11) is 0. The molecule has 2 aliphatic rings. The molecule has 2 aromatic carbocycles. The van der Waals surface area contributed by atoms with E-state index in [1.54, 1.807) is 0 Å². The number of fused-ring (bicyclic) bond motifs is 1. The molecule has 2 fully saturated rings. The molecule has 1 amide bonds. The summed E-state index contributed by atoms with van der Waals surface area (Å²) in [5.74, 6) is 7.60. The molecular weight excluding hydrogens is 534 g/mol. The van der Waals surface area contributed by atoms with Crippen molar-refractivity contribution in [1.29, 1.82) is 0 Å². The van der Waals surface area contributed by atoms with Gasteiger partial charge in [0.05, 0.1) is 18.6 Å². The van der Waals surface area contributed by atoms with Gasteiger partial charge >= 0.3 is 0 Å². The van der Waals surface area contributed by atoms with Crippen molar-refractivity contribution in [2.75, 3.05) is 52.5 Å². The largest absolute Gasteiger partial charge is 0.490 e. The summed E-state index contributed by atoms with van der Waals surface area (Å²) < 4.78 is 17.6. The molecule has 0 saturated carbocycles. The molecule has 6 N–H and O–H groups in total. The van der Waals surface area contributed by atoms with Gasteiger partial charge in [-0.25, -0.2) is 0 Å². The number of rotatable bonds is 13. The maximum absolute atomic E-state index is 10.8. The van der Waals surface area contributed by atoms with E-state index in [1.807, 2.05) is 42.5 Å². The van der Waals surface area contributed by atoms with Gasteiger partial charge in [0, 0.05) is 37.2 Å². The Morgan fingerprint density at radius 3 is 2.50 bits per heavy atom. The topological polar surface area (TPSA) is 158 Å². The lowest BCUT2D eigenvalue weighted by molar-refractivity contribution is -0.119. The van der Waals surface area contributed by atoms with Crippen LogP contribution in [0.25, 0.3) is 22.2 Å². The van der Waals surface area contributed by atoms with Crippen molar-refractivity contribution < 1.29 is 18.8 Å². The number of hydrogen-bond acceptors (Lipinski definition) is 9. The molecule has 2 saturated heterocycles. The first-order valence-corrected chi connectivity index (χ1v) is 15.0. The molecule has 226 valence electrons. The number of benzene rings is 2. The summed E-state index contributed by atoms with van der Waals surface area (Å²) in [4.78, 5) is 15.8. The summed E-state index contributed by atoms with van der Waals surface area (Å²) in [6, 6.07) is 13.6. The van der Waals surface area contributed by atoms with Gasteiger partial charge in [0.1, 0.15) is 23.2 Å². The molecule has 1 aromatic heterocycles. The SMILES string of the molecule is N/N=C(\N)c1ccc2noc(-c3cccc(OC4CCN(CCC5CCN(CCOCCC(N)=O)CC5)CC4)c3)c2c1. The maximum Gasteiger partial charge on any atom is 0.219 e. The highest BCUT2D eigenvalue weighted by Gasteiger charge is 2.24. The van der Waals surface area contributed by atoms with E-state index in [9.17, 15) is 4.79 Å². The predicted octanol–water partition coefficient (Wildman–Crippen LogP) is 2.91. The maximum atomic E-state index is 10.8. The quantitative estimate of drug-likeness (QED) is 0.0913. The molecule has 3 heterocycles. The number of hydrogen-bond donors (Lipinski definition) is 3. The molecule has 5 rings (SSSR count). The third-order valence-corrected chi connectivity index (χ3v) is 8.45. The number of amidine groups is 1. The van der Waals surface area contributed by atoms with Gasteiger partial charge in [-0.2, -0.15) is 5.10 Å². The zero-order chi connectivity index (χ0) is 29.3. The van der Waals surface area contributed by atoms with E-state index in [0.717, 1.165) is 85.8 Å². The van der Waals surface area contributed by atoms with E-state index < -0.39 is 0 Å². The Morgan fingerprint density at radius 1 is 0.976 bits per heavy atom. The molecule has 0 atom stereocenters. The van der Waals surface area contributed by atoms with Gasteiger partial charge in [0.25, 0.3) is 0 Å². The van der Waals surface area contributed by atoms with Gasteiger partial charge in [-0.3, -0.25) is 4.79 Å². The smallest absolute Gasteiger partial charge is 0.219 e. The fraction of sp³-hybridized carbons (Fsp3) is 0.516. The Kier molecular flexibility index (Phi) is 10.3. The van der Waals surface area contributed by atoms with E-state index >= 15 is 0 Å². The van der Waals surface area contributed by atoms with Gasteiger partial charge in [0.15, 0.2) is 5.76 Å². The van der Waals surface area contributed by atoms with Crippen molar-refractivity contribution in [3.8, 4) is 17.1 Å². The second-order valence-corrected chi connectivity index (χ2v) is 11.3. The van der Waals surface area contributed by atoms with Crippen LogP contribution in [0.1, 0.15) is 44.1 Å². The van der Waals surface area contributed by atoms with Crippen LogP contribution in [0.3, 0.4) is 0 Å². The van der Waals surface area contributed by atoms with E-state index in [0.29, 0.717) is 25.4 Å². The van der Waals surface area contributed by atoms with Crippen LogP contribution in [0.5, 0.6) is 5.75 Å². The fourth-order valence-corrected chi connectivity index (χ4v) is 5.87. The zero-order valence-electron chi connectivity index (χ0n) is 24.2. The lowest BCUT2D eigenvalue weighted by atomic mass is 9.93. The minimum Gasteiger partial charge on any atom is -0.490 e. The standard InChI is InChI=1S/C31H43N7O4/c32-29(39)11-18-40-19-17-38-13-7-22(8-14-38)6-12-37-15-9-25(10-16-37)41-26-3-1-2-23(20-26)30-27-21-24(31(33)35-34)4-5-28(27)36-42-30/h1-5,20-22,25H,6-19,34H2,(H2,32,39)(H2,33,35). The number of carbonyl (C=O) groups is 1. The lowest BCUT2D eigenvalue weighted by Crippen LogP contribution is -2.40. The van der Waals surface area contributed by atoms with Crippen LogP contribution in [0.15, 0.2) is 52.1 Å². The number of primary amides is 1. The van der Waals surface area contributed by atoms with Crippen molar-refractivity contribution in [2.24, 2.45) is 28.3 Å². The van der Waals surface area contributed by atoms with E-state index in [1.165, 1.54) is 19.3 Å². The van der Waals surface area contributed by atoms with E-state index in [4.69, 9.17) is 31.3 Å². The average Bonchev–Trinajstić information content (AvgIpc) is 3.44. The van der Waals surface area contributed by atoms with Gasteiger partial charge in [0.2, 0.25) is 5.91 Å². The van der Waals surface area contributed by atoms with Crippen molar-refractivity contribution in [1.82, 2.24) is 15.0 Å². The molecule has 0 radical (unpaired) electrons. The summed E-state index contributed by atoms with van der Waals surface area (Å²) in [5.41, 5.74) is 13.4. The van der Waals surface area contributed by atoms with Crippen LogP contribution in [0, 0.1) is 5.92 Å². The van der Waals surface area contributed by atoms with Crippen molar-refractivity contribution in [2.45, 2.75) is 44.6 Å². The molecule has 0 bridgehead atoms. The number of likely N-dealkylation sites (tertiary alicyclic amines) is 2. The normalized spacial score (nSPS) is 18.0.